The third-order valence-electron chi connectivity index (χ3n) is 16.3. The number of ether oxygens (including phenoxy) is 2. The predicted octanol–water partition coefficient (Wildman–Crippen LogP) is 8.31. The highest BCUT2D eigenvalue weighted by Crippen LogP contribution is 2.77. The molecule has 6 fully saturated rings. The van der Waals surface area contributed by atoms with E-state index in [1.165, 1.54) is 24.8 Å². The van der Waals surface area contributed by atoms with Crippen molar-refractivity contribution in [1.29, 1.82) is 0 Å². The average molecular weight is 668 g/mol. The first kappa shape index (κ1) is 35.9. The maximum Gasteiger partial charge on any atom is 0.306 e. The lowest BCUT2D eigenvalue weighted by Crippen LogP contribution is -2.67. The molecule has 0 aromatic heterocycles. The average Bonchev–Trinajstić information content (AvgIpc) is 3.39. The zero-order valence-electron chi connectivity index (χ0n) is 31.4. The van der Waals surface area contributed by atoms with Gasteiger partial charge in [0.2, 0.25) is 5.91 Å². The van der Waals surface area contributed by atoms with E-state index in [0.717, 1.165) is 58.0 Å². The fourth-order valence-corrected chi connectivity index (χ4v) is 13.8. The van der Waals surface area contributed by atoms with Gasteiger partial charge in [-0.05, 0) is 122 Å². The maximum absolute atomic E-state index is 14.6. The normalized spacial score (nSPS) is 43.6. The van der Waals surface area contributed by atoms with Crippen molar-refractivity contribution in [3.05, 3.63) is 12.2 Å². The van der Waals surface area contributed by atoms with E-state index in [1.807, 2.05) is 13.8 Å². The summed E-state index contributed by atoms with van der Waals surface area (Å²) < 4.78 is 11.9. The van der Waals surface area contributed by atoms with E-state index in [0.29, 0.717) is 48.7 Å². The Kier molecular flexibility index (Phi) is 9.07. The topological polar surface area (TPSA) is 93.1 Å². The number of rotatable bonds is 7. The molecule has 10 atom stereocenters. The van der Waals surface area contributed by atoms with Crippen LogP contribution in [0.4, 0.5) is 0 Å². The third-order valence-corrected chi connectivity index (χ3v) is 16.3. The number of carbonyl (C=O) groups excluding carboxylic acids is 2. The molecule has 6 aliphatic rings. The summed E-state index contributed by atoms with van der Waals surface area (Å²) in [6.07, 6.45) is 10.7. The molecule has 48 heavy (non-hydrogen) atoms. The maximum atomic E-state index is 14.6. The third kappa shape index (κ3) is 5.41. The number of hydrogen-bond acceptors (Lipinski definition) is 5. The van der Waals surface area contributed by atoms with Gasteiger partial charge >= 0.3 is 11.9 Å². The second-order valence-electron chi connectivity index (χ2n) is 19.5. The minimum atomic E-state index is -0.884. The first-order valence-corrected chi connectivity index (χ1v) is 19.3. The summed E-state index contributed by atoms with van der Waals surface area (Å²) in [5.74, 6) is 1.58. The molecule has 7 heteroatoms. The number of esters is 1. The predicted molar refractivity (Wildman–Crippen MR) is 187 cm³/mol. The van der Waals surface area contributed by atoms with Crippen LogP contribution in [0.1, 0.15) is 132 Å². The van der Waals surface area contributed by atoms with E-state index in [4.69, 9.17) is 9.47 Å². The van der Waals surface area contributed by atoms with Crippen LogP contribution < -0.4 is 0 Å². The highest BCUT2D eigenvalue weighted by Gasteiger charge is 2.72. The van der Waals surface area contributed by atoms with Gasteiger partial charge < -0.3 is 19.5 Å². The smallest absolute Gasteiger partial charge is 0.306 e. The van der Waals surface area contributed by atoms with Crippen LogP contribution in [0, 0.1) is 62.1 Å². The van der Waals surface area contributed by atoms with E-state index in [1.54, 1.807) is 0 Å². The minimum absolute atomic E-state index is 0.0483. The molecule has 1 N–H and O–H groups in total. The lowest BCUT2D eigenvalue weighted by Gasteiger charge is -2.73. The molecule has 1 amide bonds. The second kappa shape index (κ2) is 12.1. The van der Waals surface area contributed by atoms with Crippen molar-refractivity contribution >= 4 is 17.8 Å². The quantitative estimate of drug-likeness (QED) is 0.217. The standard InChI is InChI=1S/C41H65NO6/c1-26(2)27-12-17-41(35(46)42-20-22-47-23-21-42)19-18-39(8)28(34(27)41)10-11-30-38(7)15-14-31(37(5,6)29(38)13-16-40(30,39)9)48-33(45)25-36(3,4)24-32(43)44/h27-31,34H,1,10-25H2,2-9H3,(H,43,44)/t27-,28+,29?,30?,31-,34?,38-,39+,40+,41-/m0/s1. The lowest BCUT2D eigenvalue weighted by molar-refractivity contribution is -0.250. The molecule has 1 aliphatic heterocycles. The van der Waals surface area contributed by atoms with Crippen LogP contribution >= 0.6 is 0 Å². The Morgan fingerprint density at radius 1 is 0.854 bits per heavy atom. The molecule has 0 spiro atoms. The molecule has 0 bridgehead atoms. The number of fused-ring (bicyclic) bond motifs is 7. The minimum Gasteiger partial charge on any atom is -0.481 e. The van der Waals surface area contributed by atoms with Crippen molar-refractivity contribution in [3.63, 3.8) is 0 Å². The summed E-state index contributed by atoms with van der Waals surface area (Å²) in [6, 6.07) is 0. The Bertz CT molecular complexity index is 1320. The van der Waals surface area contributed by atoms with E-state index >= 15 is 0 Å². The highest BCUT2D eigenvalue weighted by molar-refractivity contribution is 5.84. The molecule has 0 aromatic rings. The summed E-state index contributed by atoms with van der Waals surface area (Å²) in [4.78, 5) is 41.3. The molecule has 5 saturated carbocycles. The van der Waals surface area contributed by atoms with Crippen LogP contribution in [0.3, 0.4) is 0 Å². The number of carboxylic acids is 1. The Labute approximate surface area is 290 Å². The van der Waals surface area contributed by atoms with Gasteiger partial charge in [-0.1, -0.05) is 60.6 Å². The van der Waals surface area contributed by atoms with E-state index < -0.39 is 11.4 Å². The van der Waals surface area contributed by atoms with Crippen molar-refractivity contribution in [2.24, 2.45) is 62.1 Å². The number of nitrogens with zero attached hydrogens (tertiary/aromatic N) is 1. The van der Waals surface area contributed by atoms with Crippen molar-refractivity contribution in [3.8, 4) is 0 Å². The van der Waals surface area contributed by atoms with Gasteiger partial charge in [-0.15, -0.1) is 0 Å². The van der Waals surface area contributed by atoms with Crippen LogP contribution in [0.5, 0.6) is 0 Å². The van der Waals surface area contributed by atoms with Gasteiger partial charge in [0.05, 0.1) is 31.5 Å². The highest BCUT2D eigenvalue weighted by atomic mass is 16.5. The summed E-state index contributed by atoms with van der Waals surface area (Å²) in [5, 5.41) is 9.33. The molecular weight excluding hydrogens is 602 g/mol. The number of amides is 1. The molecular formula is C41H65NO6. The van der Waals surface area contributed by atoms with Crippen LogP contribution in [0.2, 0.25) is 0 Å². The van der Waals surface area contributed by atoms with Crippen LogP contribution in [0.15, 0.2) is 12.2 Å². The number of allylic oxidation sites excluding steroid dienone is 1. The molecule has 5 aliphatic carbocycles. The fourth-order valence-electron chi connectivity index (χ4n) is 13.8. The van der Waals surface area contributed by atoms with Gasteiger partial charge in [-0.25, -0.2) is 0 Å². The van der Waals surface area contributed by atoms with Crippen LogP contribution in [-0.2, 0) is 23.9 Å². The van der Waals surface area contributed by atoms with Crippen LogP contribution in [-0.4, -0.2) is 60.3 Å². The van der Waals surface area contributed by atoms with Crippen molar-refractivity contribution in [2.45, 2.75) is 139 Å². The molecule has 1 saturated heterocycles. The van der Waals surface area contributed by atoms with E-state index in [-0.39, 0.29) is 52.0 Å². The number of carbonyl (C=O) groups is 3. The largest absolute Gasteiger partial charge is 0.481 e. The summed E-state index contributed by atoms with van der Waals surface area (Å²) in [7, 11) is 0. The van der Waals surface area contributed by atoms with Crippen molar-refractivity contribution in [2.75, 3.05) is 26.3 Å². The number of morpholine rings is 1. The Morgan fingerprint density at radius 3 is 2.19 bits per heavy atom. The number of aliphatic carboxylic acids is 1. The van der Waals surface area contributed by atoms with E-state index in [2.05, 4.69) is 53.0 Å². The van der Waals surface area contributed by atoms with Gasteiger partial charge in [-0.2, -0.15) is 0 Å². The number of hydrogen-bond donors (Lipinski definition) is 1. The molecule has 3 unspecified atom stereocenters. The first-order valence-electron chi connectivity index (χ1n) is 19.3. The SMILES string of the molecule is C=C(C)[C@@H]1CC[C@]2(C(=O)N3CCOCC3)CC[C@]3(C)[C@H](CCC4[C@@]5(C)CC[C@H](OC(=O)CC(C)(C)CC(=O)O)C(C)(C)C5CC[C@]43C)C12. The molecule has 6 rings (SSSR count). The Balaban J connectivity index is 1.25. The molecule has 7 nitrogen and oxygen atoms in total. The second-order valence-corrected chi connectivity index (χ2v) is 19.5. The fraction of sp³-hybridized carbons (Fsp3) is 0.878. The summed E-state index contributed by atoms with van der Waals surface area (Å²) in [6.45, 7) is 25.6. The lowest BCUT2D eigenvalue weighted by atomic mass is 9.32. The molecule has 270 valence electrons. The Hall–Kier alpha value is -1.89. The molecule has 0 aromatic carbocycles. The number of carboxylic acid groups (broad SMARTS) is 1. The Morgan fingerprint density at radius 2 is 1.54 bits per heavy atom. The molecule has 0 radical (unpaired) electrons. The van der Waals surface area contributed by atoms with Gasteiger partial charge in [0.15, 0.2) is 0 Å². The zero-order valence-corrected chi connectivity index (χ0v) is 31.4. The van der Waals surface area contributed by atoms with Crippen molar-refractivity contribution < 1.29 is 29.0 Å². The first-order chi connectivity index (χ1) is 22.3. The van der Waals surface area contributed by atoms with Gasteiger partial charge in [0.1, 0.15) is 6.10 Å². The van der Waals surface area contributed by atoms with Crippen molar-refractivity contribution in [1.82, 2.24) is 4.90 Å². The van der Waals surface area contributed by atoms with Gasteiger partial charge in [0, 0.05) is 18.5 Å². The summed E-state index contributed by atoms with van der Waals surface area (Å²) >= 11 is 0. The summed E-state index contributed by atoms with van der Waals surface area (Å²) in [5.41, 5.74) is 0.689. The van der Waals surface area contributed by atoms with Crippen LogP contribution in [0.25, 0.3) is 0 Å². The van der Waals surface area contributed by atoms with Gasteiger partial charge in [0.25, 0.3) is 0 Å². The zero-order chi connectivity index (χ0) is 35.1. The monoisotopic (exact) mass is 667 g/mol. The van der Waals surface area contributed by atoms with E-state index in [9.17, 15) is 19.5 Å². The molecule has 1 heterocycles. The van der Waals surface area contributed by atoms with Gasteiger partial charge in [-0.3, -0.25) is 14.4 Å².